The molecule has 1 saturated heterocycles. The van der Waals surface area contributed by atoms with Gasteiger partial charge in [-0.05, 0) is 61.4 Å². The molecule has 1 aliphatic heterocycles. The molecule has 0 radical (unpaired) electrons. The van der Waals surface area contributed by atoms with Crippen molar-refractivity contribution in [3.05, 3.63) is 63.7 Å². The van der Waals surface area contributed by atoms with Crippen LogP contribution in [0.2, 0.25) is 5.02 Å². The highest BCUT2D eigenvalue weighted by Gasteiger charge is 2.31. The maximum atomic E-state index is 13.6. The van der Waals surface area contributed by atoms with Crippen LogP contribution in [0.5, 0.6) is 0 Å². The van der Waals surface area contributed by atoms with Crippen molar-refractivity contribution in [2.75, 3.05) is 5.32 Å². The molecule has 3 amide bonds. The van der Waals surface area contributed by atoms with Crippen LogP contribution in [0.4, 0.5) is 5.69 Å². The molecular weight excluding hydrogens is 512 g/mol. The van der Waals surface area contributed by atoms with Gasteiger partial charge in [-0.15, -0.1) is 10.2 Å². The van der Waals surface area contributed by atoms with Gasteiger partial charge in [-0.3, -0.25) is 29.1 Å². The third kappa shape index (κ3) is 4.65. The molecule has 13 heteroatoms. The van der Waals surface area contributed by atoms with Gasteiger partial charge in [0.15, 0.2) is 6.04 Å². The molecule has 194 valence electrons. The van der Waals surface area contributed by atoms with Crippen molar-refractivity contribution in [3.63, 3.8) is 0 Å². The van der Waals surface area contributed by atoms with E-state index < -0.39 is 29.5 Å². The minimum Gasteiger partial charge on any atom is -0.323 e. The zero-order valence-corrected chi connectivity index (χ0v) is 21.3. The zero-order valence-electron chi connectivity index (χ0n) is 20.5. The average Bonchev–Trinajstić information content (AvgIpc) is 3.36. The first kappa shape index (κ1) is 25.2. The summed E-state index contributed by atoms with van der Waals surface area (Å²) in [5.41, 5.74) is 0.809. The number of nitrogens with one attached hydrogen (secondary N) is 2. The first-order chi connectivity index (χ1) is 18.3. The van der Waals surface area contributed by atoms with Crippen LogP contribution in [0, 0.1) is 6.92 Å². The molecule has 1 fully saturated rings. The zero-order chi connectivity index (χ0) is 27.0. The second kappa shape index (κ2) is 10.1. The lowest BCUT2D eigenvalue weighted by atomic mass is 10.1. The molecular formula is C25H23ClN8O4. The Labute approximate surface area is 221 Å². The number of halogens is 1. The predicted molar refractivity (Wildman–Crippen MR) is 138 cm³/mol. The van der Waals surface area contributed by atoms with E-state index in [2.05, 4.69) is 31.0 Å². The highest BCUT2D eigenvalue weighted by Crippen LogP contribution is 2.25. The maximum absolute atomic E-state index is 13.6. The van der Waals surface area contributed by atoms with Crippen molar-refractivity contribution < 1.29 is 14.4 Å². The van der Waals surface area contributed by atoms with Gasteiger partial charge in [-0.2, -0.15) is 4.80 Å². The van der Waals surface area contributed by atoms with Gasteiger partial charge < -0.3 is 5.32 Å². The Balaban J connectivity index is 1.47. The van der Waals surface area contributed by atoms with E-state index in [0.717, 1.165) is 0 Å². The summed E-state index contributed by atoms with van der Waals surface area (Å²) in [6.07, 6.45) is 0.642. The average molecular weight is 535 g/mol. The summed E-state index contributed by atoms with van der Waals surface area (Å²) in [6, 6.07) is 10.2. The van der Waals surface area contributed by atoms with E-state index in [1.165, 1.54) is 9.36 Å². The monoisotopic (exact) mass is 534 g/mol. The normalized spacial score (nSPS) is 16.3. The van der Waals surface area contributed by atoms with E-state index >= 15 is 0 Å². The molecule has 1 aliphatic rings. The van der Waals surface area contributed by atoms with E-state index in [9.17, 15) is 19.2 Å². The van der Waals surface area contributed by atoms with Crippen LogP contribution in [0.25, 0.3) is 22.3 Å². The summed E-state index contributed by atoms with van der Waals surface area (Å²) in [5.74, 6) is -0.731. The number of aromatic nitrogens is 6. The molecule has 0 bridgehead atoms. The number of tetrazole rings is 1. The lowest BCUT2D eigenvalue weighted by Gasteiger charge is -2.24. The largest absolute Gasteiger partial charge is 0.323 e. The fourth-order valence-electron chi connectivity index (χ4n) is 4.49. The van der Waals surface area contributed by atoms with Crippen molar-refractivity contribution in [2.24, 2.45) is 0 Å². The minimum atomic E-state index is -0.880. The quantitative estimate of drug-likeness (QED) is 0.358. The predicted octanol–water partition coefficient (Wildman–Crippen LogP) is 2.58. The SMILES string of the molecule is CCC(C(=O)Nc1cccc2nc(C)n(C3CCC(=O)NC3=O)c(=O)c12)n1nnc(-c2ccc(Cl)cc2)n1. The topological polar surface area (TPSA) is 154 Å². The van der Waals surface area contributed by atoms with E-state index in [4.69, 9.17) is 11.6 Å². The van der Waals surface area contributed by atoms with Gasteiger partial charge in [0.05, 0.1) is 16.6 Å². The van der Waals surface area contributed by atoms with Gasteiger partial charge in [0.25, 0.3) is 11.5 Å². The molecule has 12 nitrogen and oxygen atoms in total. The molecule has 2 aromatic heterocycles. The Kier molecular flexibility index (Phi) is 6.72. The Morgan fingerprint density at radius 3 is 2.66 bits per heavy atom. The number of amides is 3. The standard InChI is InChI=1S/C25H23ClN8O4/c1-3-18(34-31-22(30-32-34)14-7-9-15(26)10-8-14)23(36)28-17-6-4-5-16-21(17)25(38)33(13(2)27-16)19-11-12-20(35)29-24(19)37/h4-10,18-19H,3,11-12H2,1-2H3,(H,28,36)(H,29,35,37). The number of carbonyl (C=O) groups is 3. The first-order valence-corrected chi connectivity index (χ1v) is 12.4. The van der Waals surface area contributed by atoms with Gasteiger partial charge in [-0.25, -0.2) is 4.98 Å². The number of hydrogen-bond acceptors (Lipinski definition) is 8. The number of nitrogens with zero attached hydrogens (tertiary/aromatic N) is 6. The van der Waals surface area contributed by atoms with Crippen molar-refractivity contribution in [1.29, 1.82) is 0 Å². The molecule has 2 N–H and O–H groups in total. The summed E-state index contributed by atoms with van der Waals surface area (Å²) in [6.45, 7) is 3.43. The maximum Gasteiger partial charge on any atom is 0.264 e. The van der Waals surface area contributed by atoms with Gasteiger partial charge >= 0.3 is 0 Å². The number of aryl methyl sites for hydroxylation is 1. The fourth-order valence-corrected chi connectivity index (χ4v) is 4.62. The summed E-state index contributed by atoms with van der Waals surface area (Å²) in [5, 5.41) is 18.3. The van der Waals surface area contributed by atoms with Crippen molar-refractivity contribution in [2.45, 2.75) is 45.2 Å². The fraction of sp³-hybridized carbons (Fsp3) is 0.280. The molecule has 38 heavy (non-hydrogen) atoms. The summed E-state index contributed by atoms with van der Waals surface area (Å²) in [7, 11) is 0. The minimum absolute atomic E-state index is 0.111. The van der Waals surface area contributed by atoms with E-state index in [-0.39, 0.29) is 29.8 Å². The second-order valence-electron chi connectivity index (χ2n) is 8.85. The Hall–Kier alpha value is -4.45. The third-order valence-corrected chi connectivity index (χ3v) is 6.64. The van der Waals surface area contributed by atoms with Crippen LogP contribution in [0.3, 0.4) is 0 Å². The molecule has 3 heterocycles. The van der Waals surface area contributed by atoms with E-state index in [1.54, 1.807) is 56.3 Å². The molecule has 2 atom stereocenters. The summed E-state index contributed by atoms with van der Waals surface area (Å²) >= 11 is 5.95. The van der Waals surface area contributed by atoms with Gasteiger partial charge in [0.1, 0.15) is 11.9 Å². The number of rotatable bonds is 6. The van der Waals surface area contributed by atoms with Crippen LogP contribution in [-0.4, -0.2) is 47.5 Å². The number of fused-ring (bicyclic) bond motifs is 1. The lowest BCUT2D eigenvalue weighted by Crippen LogP contribution is -2.45. The number of benzene rings is 2. The van der Waals surface area contributed by atoms with Crippen LogP contribution < -0.4 is 16.2 Å². The van der Waals surface area contributed by atoms with Crippen LogP contribution in [-0.2, 0) is 14.4 Å². The van der Waals surface area contributed by atoms with Gasteiger partial charge in [0, 0.05) is 17.0 Å². The Morgan fingerprint density at radius 2 is 1.95 bits per heavy atom. The summed E-state index contributed by atoms with van der Waals surface area (Å²) in [4.78, 5) is 56.8. The van der Waals surface area contributed by atoms with E-state index in [1.807, 2.05) is 0 Å². The van der Waals surface area contributed by atoms with Gasteiger partial charge in [0.2, 0.25) is 17.6 Å². The number of hydrogen-bond donors (Lipinski definition) is 2. The van der Waals surface area contributed by atoms with Crippen molar-refractivity contribution >= 4 is 45.9 Å². The van der Waals surface area contributed by atoms with Gasteiger partial charge in [-0.1, -0.05) is 24.6 Å². The van der Waals surface area contributed by atoms with Crippen LogP contribution in [0.15, 0.2) is 47.3 Å². The number of piperidine rings is 1. The van der Waals surface area contributed by atoms with Crippen LogP contribution >= 0.6 is 11.6 Å². The molecule has 2 aromatic carbocycles. The van der Waals surface area contributed by atoms with Crippen molar-refractivity contribution in [1.82, 2.24) is 35.1 Å². The third-order valence-electron chi connectivity index (χ3n) is 6.38. The molecule has 5 rings (SSSR count). The smallest absolute Gasteiger partial charge is 0.264 e. The Morgan fingerprint density at radius 1 is 1.18 bits per heavy atom. The highest BCUT2D eigenvalue weighted by atomic mass is 35.5. The summed E-state index contributed by atoms with van der Waals surface area (Å²) < 4.78 is 1.27. The van der Waals surface area contributed by atoms with E-state index in [0.29, 0.717) is 34.2 Å². The number of anilines is 1. The van der Waals surface area contributed by atoms with Crippen molar-refractivity contribution in [3.8, 4) is 11.4 Å². The molecule has 0 spiro atoms. The van der Waals surface area contributed by atoms with Crippen LogP contribution in [0.1, 0.15) is 44.1 Å². The molecule has 0 saturated carbocycles. The Bertz CT molecular complexity index is 1630. The number of carbonyl (C=O) groups excluding carboxylic acids is 3. The molecule has 2 unspecified atom stereocenters. The highest BCUT2D eigenvalue weighted by molar-refractivity contribution is 6.30. The molecule has 4 aromatic rings. The second-order valence-corrected chi connectivity index (χ2v) is 9.29. The number of imide groups is 1. The first-order valence-electron chi connectivity index (χ1n) is 12.0. The molecule has 0 aliphatic carbocycles. The lowest BCUT2D eigenvalue weighted by molar-refractivity contribution is -0.135.